The zero-order valence-electron chi connectivity index (χ0n) is 26.8. The first-order valence-corrected chi connectivity index (χ1v) is 18.0. The Labute approximate surface area is 262 Å². The molecule has 0 unspecified atom stereocenters. The van der Waals surface area contributed by atoms with Gasteiger partial charge in [-0.1, -0.05) is 103 Å². The molecule has 42 heavy (non-hydrogen) atoms. The number of aliphatic hydroxyl groups is 3. The summed E-state index contributed by atoms with van der Waals surface area (Å²) in [5.74, 6) is -0.233. The third-order valence-corrected chi connectivity index (χ3v) is 9.47. The first-order chi connectivity index (χ1) is 20.3. The van der Waals surface area contributed by atoms with Crippen molar-refractivity contribution in [3.63, 3.8) is 0 Å². The van der Waals surface area contributed by atoms with Crippen molar-refractivity contribution < 1.29 is 29.6 Å². The van der Waals surface area contributed by atoms with Gasteiger partial charge in [0.15, 0.2) is 0 Å². The Morgan fingerprint density at radius 2 is 1.36 bits per heavy atom. The molecule has 2 aliphatic rings. The lowest BCUT2D eigenvalue weighted by molar-refractivity contribution is -0.139. The highest BCUT2D eigenvalue weighted by Gasteiger charge is 2.31. The van der Waals surface area contributed by atoms with Crippen molar-refractivity contribution in [2.45, 2.75) is 204 Å². The lowest BCUT2D eigenvalue weighted by atomic mass is 9.97. The van der Waals surface area contributed by atoms with Crippen molar-refractivity contribution >= 4 is 17.6 Å². The molecule has 0 aromatic carbocycles. The van der Waals surface area contributed by atoms with Crippen LogP contribution in [0.1, 0.15) is 162 Å². The van der Waals surface area contributed by atoms with Crippen LogP contribution in [0.2, 0.25) is 0 Å². The number of ether oxygens (including phenoxy) is 2. The van der Waals surface area contributed by atoms with Crippen LogP contribution >= 0.6 is 11.6 Å². The molecule has 7 atom stereocenters. The molecule has 0 aliphatic carbocycles. The van der Waals surface area contributed by atoms with Gasteiger partial charge >= 0.3 is 5.97 Å². The second-order valence-corrected chi connectivity index (χ2v) is 13.7. The zero-order valence-corrected chi connectivity index (χ0v) is 27.6. The van der Waals surface area contributed by atoms with Gasteiger partial charge < -0.3 is 24.8 Å². The monoisotopic (exact) mass is 614 g/mol. The Kier molecular flexibility index (Phi) is 20.4. The predicted molar refractivity (Wildman–Crippen MR) is 172 cm³/mol. The number of esters is 1. The topological polar surface area (TPSA) is 96.2 Å². The minimum Gasteiger partial charge on any atom is -0.455 e. The molecule has 0 spiro atoms. The summed E-state index contributed by atoms with van der Waals surface area (Å²) in [6.45, 7) is 4.12. The molecule has 0 saturated carbocycles. The molecule has 0 aromatic rings. The highest BCUT2D eigenvalue weighted by atomic mass is 35.5. The maximum atomic E-state index is 11.7. The molecule has 1 fully saturated rings. The molecular weight excluding hydrogens is 552 g/mol. The highest BCUT2D eigenvalue weighted by Crippen LogP contribution is 2.29. The van der Waals surface area contributed by atoms with E-state index in [1.165, 1.54) is 64.2 Å². The van der Waals surface area contributed by atoms with Crippen molar-refractivity contribution in [3.8, 4) is 0 Å². The molecule has 246 valence electrons. The predicted octanol–water partition coefficient (Wildman–Crippen LogP) is 8.31. The first-order valence-electron chi connectivity index (χ1n) is 17.6. The fourth-order valence-electron chi connectivity index (χ4n) is 6.37. The Morgan fingerprint density at radius 1 is 0.786 bits per heavy atom. The standard InChI is InChI=1S/C35H63ClO6/c1-3-4-5-6-7-8-9-10-11-12-13-17-20-31(37)32(38)22-23-33(39)34-24-21-30(42-34)19-16-14-15-18-29(36)26-28-25-27(2)41-35(28)40/h25,27,29-34,37-39H,3-24,26H2,1-2H3/t27-,29-,30+,31+,32+,33-,34-/m0/s1. The number of rotatable bonds is 26. The van der Waals surface area contributed by atoms with E-state index in [0.717, 1.165) is 57.8 Å². The van der Waals surface area contributed by atoms with Crippen LogP contribution in [0, 0.1) is 0 Å². The van der Waals surface area contributed by atoms with Gasteiger partial charge in [-0.15, -0.1) is 11.6 Å². The summed E-state index contributed by atoms with van der Waals surface area (Å²) in [4.78, 5) is 11.7. The Hall–Kier alpha value is -0.660. The van der Waals surface area contributed by atoms with E-state index in [2.05, 4.69) is 6.92 Å². The third kappa shape index (κ3) is 16.4. The summed E-state index contributed by atoms with van der Waals surface area (Å²) >= 11 is 6.44. The Balaban J connectivity index is 1.43. The van der Waals surface area contributed by atoms with E-state index in [1.807, 2.05) is 13.0 Å². The fourth-order valence-corrected chi connectivity index (χ4v) is 6.69. The van der Waals surface area contributed by atoms with Gasteiger partial charge in [-0.05, 0) is 64.4 Å². The van der Waals surface area contributed by atoms with Gasteiger partial charge in [0.25, 0.3) is 0 Å². The van der Waals surface area contributed by atoms with E-state index in [9.17, 15) is 20.1 Å². The normalized spacial score (nSPS) is 23.5. The van der Waals surface area contributed by atoms with Gasteiger partial charge in [0, 0.05) is 11.0 Å². The van der Waals surface area contributed by atoms with Crippen molar-refractivity contribution in [2.75, 3.05) is 0 Å². The molecule has 7 heteroatoms. The van der Waals surface area contributed by atoms with E-state index in [-0.39, 0.29) is 29.7 Å². The summed E-state index contributed by atoms with van der Waals surface area (Å²) in [7, 11) is 0. The average Bonchev–Trinajstić information content (AvgIpc) is 3.57. The van der Waals surface area contributed by atoms with Crippen LogP contribution in [0.3, 0.4) is 0 Å². The molecule has 2 heterocycles. The number of halogens is 1. The van der Waals surface area contributed by atoms with Crippen molar-refractivity contribution in [3.05, 3.63) is 11.6 Å². The van der Waals surface area contributed by atoms with Gasteiger partial charge in [-0.25, -0.2) is 4.79 Å². The van der Waals surface area contributed by atoms with Crippen LogP contribution in [0.5, 0.6) is 0 Å². The number of carbonyl (C=O) groups is 1. The number of hydrogen-bond donors (Lipinski definition) is 3. The average molecular weight is 615 g/mol. The summed E-state index contributed by atoms with van der Waals surface area (Å²) in [6, 6.07) is 0. The van der Waals surface area contributed by atoms with Crippen LogP contribution < -0.4 is 0 Å². The van der Waals surface area contributed by atoms with Crippen molar-refractivity contribution in [2.24, 2.45) is 0 Å². The molecular formula is C35H63ClO6. The van der Waals surface area contributed by atoms with Crippen LogP contribution in [0.15, 0.2) is 11.6 Å². The van der Waals surface area contributed by atoms with E-state index in [4.69, 9.17) is 21.1 Å². The van der Waals surface area contributed by atoms with Gasteiger partial charge in [-0.2, -0.15) is 0 Å². The molecule has 3 N–H and O–H groups in total. The first kappa shape index (κ1) is 37.5. The summed E-state index contributed by atoms with van der Waals surface area (Å²) in [6.07, 6.45) is 23.9. The maximum absolute atomic E-state index is 11.7. The molecule has 0 aromatic heterocycles. The largest absolute Gasteiger partial charge is 0.455 e. The molecule has 0 bridgehead atoms. The number of unbranched alkanes of at least 4 members (excludes halogenated alkanes) is 13. The second kappa shape index (κ2) is 22.8. The molecule has 0 amide bonds. The summed E-state index contributed by atoms with van der Waals surface area (Å²) in [5.41, 5.74) is 0.702. The smallest absolute Gasteiger partial charge is 0.334 e. The third-order valence-electron chi connectivity index (χ3n) is 9.10. The number of cyclic esters (lactones) is 1. The number of hydrogen-bond acceptors (Lipinski definition) is 6. The van der Waals surface area contributed by atoms with E-state index in [1.54, 1.807) is 0 Å². The minimum atomic E-state index is -0.783. The molecule has 2 aliphatic heterocycles. The Morgan fingerprint density at radius 3 is 1.98 bits per heavy atom. The number of alkyl halides is 1. The number of aliphatic hydroxyl groups excluding tert-OH is 3. The summed E-state index contributed by atoms with van der Waals surface area (Å²) in [5, 5.41) is 31.4. The van der Waals surface area contributed by atoms with Gasteiger partial charge in [0.1, 0.15) is 6.10 Å². The van der Waals surface area contributed by atoms with Crippen LogP contribution in [0.4, 0.5) is 0 Å². The van der Waals surface area contributed by atoms with Crippen molar-refractivity contribution in [1.29, 1.82) is 0 Å². The molecule has 2 rings (SSSR count). The summed E-state index contributed by atoms with van der Waals surface area (Å²) < 4.78 is 11.3. The maximum Gasteiger partial charge on any atom is 0.334 e. The zero-order chi connectivity index (χ0) is 30.6. The van der Waals surface area contributed by atoms with Gasteiger partial charge in [0.2, 0.25) is 0 Å². The van der Waals surface area contributed by atoms with E-state index < -0.39 is 18.3 Å². The van der Waals surface area contributed by atoms with Crippen molar-refractivity contribution in [1.82, 2.24) is 0 Å². The lowest BCUT2D eigenvalue weighted by Crippen LogP contribution is -2.31. The molecule has 0 radical (unpaired) electrons. The molecule has 1 saturated heterocycles. The lowest BCUT2D eigenvalue weighted by Gasteiger charge is -2.22. The second-order valence-electron chi connectivity index (χ2n) is 13.1. The van der Waals surface area contributed by atoms with Crippen LogP contribution in [-0.2, 0) is 14.3 Å². The SMILES string of the molecule is CCCCCCCCCCCCCC[C@@H](O)[C@H](O)CC[C@H](O)[C@@H]1CC[C@@H](CCCCC[C@H](Cl)CC2=C[C@H](C)OC2=O)O1. The van der Waals surface area contributed by atoms with Crippen LogP contribution in [-0.4, -0.2) is 63.3 Å². The number of carbonyl (C=O) groups excluding carboxylic acids is 1. The van der Waals surface area contributed by atoms with Gasteiger partial charge in [-0.3, -0.25) is 0 Å². The Bertz CT molecular complexity index is 730. The fraction of sp³-hybridized carbons (Fsp3) is 0.914. The van der Waals surface area contributed by atoms with E-state index in [0.29, 0.717) is 31.3 Å². The van der Waals surface area contributed by atoms with Gasteiger partial charge in [0.05, 0.1) is 30.5 Å². The minimum absolute atomic E-state index is 0.0465. The quantitative estimate of drug-likeness (QED) is 0.0515. The molecule has 6 nitrogen and oxygen atoms in total. The highest BCUT2D eigenvalue weighted by molar-refractivity contribution is 6.21. The van der Waals surface area contributed by atoms with Crippen LogP contribution in [0.25, 0.3) is 0 Å². The van der Waals surface area contributed by atoms with E-state index >= 15 is 0 Å².